The summed E-state index contributed by atoms with van der Waals surface area (Å²) in [5, 5.41) is 0. The van der Waals surface area contributed by atoms with Crippen molar-refractivity contribution in [3.63, 3.8) is 0 Å². The van der Waals surface area contributed by atoms with Crippen molar-refractivity contribution >= 4 is 0 Å². The molecule has 0 aliphatic heterocycles. The van der Waals surface area contributed by atoms with Gasteiger partial charge in [0.2, 0.25) is 0 Å². The summed E-state index contributed by atoms with van der Waals surface area (Å²) < 4.78 is 53.0. The van der Waals surface area contributed by atoms with Crippen LogP contribution in [0.4, 0.5) is 0 Å². The summed E-state index contributed by atoms with van der Waals surface area (Å²) in [5.41, 5.74) is 0. The van der Waals surface area contributed by atoms with Gasteiger partial charge >= 0.3 is 0 Å². The second-order valence-electron chi connectivity index (χ2n) is 8.66. The Hall–Kier alpha value is -0.480. The molecule has 37 heavy (non-hydrogen) atoms. The van der Waals surface area contributed by atoms with Gasteiger partial charge in [-0.25, -0.2) is 0 Å². The van der Waals surface area contributed by atoms with Gasteiger partial charge in [-0.15, -0.1) is 0 Å². The van der Waals surface area contributed by atoms with Crippen LogP contribution in [-0.4, -0.2) is 178 Å². The lowest BCUT2D eigenvalue weighted by molar-refractivity contribution is -0.156. The molecular formula is C25H56N2O10. The lowest BCUT2D eigenvalue weighted by Crippen LogP contribution is -2.43. The van der Waals surface area contributed by atoms with E-state index in [-0.39, 0.29) is 25.1 Å². The number of nitrogens with zero attached hydrogens (tertiary/aromatic N) is 2. The predicted molar refractivity (Wildman–Crippen MR) is 142 cm³/mol. The van der Waals surface area contributed by atoms with Crippen LogP contribution in [0.15, 0.2) is 0 Å². The molecule has 3 unspecified atom stereocenters. The van der Waals surface area contributed by atoms with E-state index in [1.165, 1.54) is 0 Å². The number of likely N-dealkylation sites (N-methyl/N-ethyl adjacent to an activating group) is 2. The Labute approximate surface area is 225 Å². The van der Waals surface area contributed by atoms with E-state index >= 15 is 0 Å². The van der Waals surface area contributed by atoms with Crippen LogP contribution in [0.1, 0.15) is 0 Å². The number of methoxy groups -OCH3 is 5. The van der Waals surface area contributed by atoms with Crippen LogP contribution in [-0.2, 0) is 47.4 Å². The minimum absolute atomic E-state index is 0.0852. The predicted octanol–water partition coefficient (Wildman–Crippen LogP) is 0.474. The van der Waals surface area contributed by atoms with Crippen molar-refractivity contribution in [3.05, 3.63) is 0 Å². The molecule has 3 atom stereocenters. The van der Waals surface area contributed by atoms with Crippen LogP contribution in [0.2, 0.25) is 0 Å². The zero-order chi connectivity index (χ0) is 28.2. The maximum Gasteiger partial charge on any atom is 0.146 e. The summed E-state index contributed by atoms with van der Waals surface area (Å²) in [5.74, 6) is 0. The van der Waals surface area contributed by atoms with Gasteiger partial charge in [0.05, 0.1) is 78.3 Å². The molecule has 0 aromatic heterocycles. The standard InChI is InChI=1S/C14H31NO6.C11H25NO4/c1-15(2)10-13(20-9-7-17-4)14(21-12-18-5)11-19-8-6-16-3;1-12(2)9-11(16-8-6-14-4)10-15-7-5-13-3/h13-14H,6-12H2,1-5H3;11H,5-10H2,1-4H3. The van der Waals surface area contributed by atoms with Gasteiger partial charge in [0, 0.05) is 48.6 Å². The van der Waals surface area contributed by atoms with Crippen LogP contribution in [0.3, 0.4) is 0 Å². The summed E-state index contributed by atoms with van der Waals surface area (Å²) in [6, 6.07) is 0. The van der Waals surface area contributed by atoms with E-state index in [4.69, 9.17) is 47.4 Å². The van der Waals surface area contributed by atoms with Gasteiger partial charge in [-0.3, -0.25) is 0 Å². The molecule has 12 nitrogen and oxygen atoms in total. The van der Waals surface area contributed by atoms with Crippen molar-refractivity contribution in [2.45, 2.75) is 18.3 Å². The Morgan fingerprint density at radius 1 is 0.459 bits per heavy atom. The smallest absolute Gasteiger partial charge is 0.146 e. The molecule has 12 heteroatoms. The Bertz CT molecular complexity index is 436. The van der Waals surface area contributed by atoms with E-state index < -0.39 is 0 Å². The fourth-order valence-electron chi connectivity index (χ4n) is 2.90. The highest BCUT2D eigenvalue weighted by atomic mass is 16.7. The van der Waals surface area contributed by atoms with Gasteiger partial charge in [0.15, 0.2) is 0 Å². The van der Waals surface area contributed by atoms with E-state index in [1.807, 2.05) is 28.2 Å². The van der Waals surface area contributed by atoms with Crippen molar-refractivity contribution in [2.24, 2.45) is 0 Å². The largest absolute Gasteiger partial charge is 0.382 e. The van der Waals surface area contributed by atoms with Gasteiger partial charge in [-0.2, -0.15) is 0 Å². The summed E-state index contributed by atoms with van der Waals surface area (Å²) in [7, 11) is 16.2. The van der Waals surface area contributed by atoms with Gasteiger partial charge in [-0.1, -0.05) is 0 Å². The third-order valence-corrected chi connectivity index (χ3v) is 4.64. The average molecular weight is 545 g/mol. The maximum absolute atomic E-state index is 5.85. The average Bonchev–Trinajstić information content (AvgIpc) is 2.85. The fourth-order valence-corrected chi connectivity index (χ4v) is 2.90. The number of hydrogen-bond donors (Lipinski definition) is 0. The third kappa shape index (κ3) is 28.4. The molecule has 0 saturated carbocycles. The first-order chi connectivity index (χ1) is 17.9. The Balaban J connectivity index is 0. The van der Waals surface area contributed by atoms with Gasteiger partial charge in [0.25, 0.3) is 0 Å². The lowest BCUT2D eigenvalue weighted by atomic mass is 10.2. The van der Waals surface area contributed by atoms with E-state index in [9.17, 15) is 0 Å². The van der Waals surface area contributed by atoms with E-state index in [0.717, 1.165) is 13.1 Å². The van der Waals surface area contributed by atoms with E-state index in [2.05, 4.69) is 9.80 Å². The minimum atomic E-state index is -0.207. The third-order valence-electron chi connectivity index (χ3n) is 4.64. The first-order valence-corrected chi connectivity index (χ1v) is 12.6. The van der Waals surface area contributed by atoms with Crippen molar-refractivity contribution in [1.82, 2.24) is 9.80 Å². The van der Waals surface area contributed by atoms with Crippen molar-refractivity contribution in [1.29, 1.82) is 0 Å². The lowest BCUT2D eigenvalue weighted by Gasteiger charge is -2.29. The monoisotopic (exact) mass is 544 g/mol. The molecule has 0 N–H and O–H groups in total. The molecule has 0 aliphatic rings. The normalized spacial score (nSPS) is 14.0. The molecule has 226 valence electrons. The minimum Gasteiger partial charge on any atom is -0.382 e. The number of hydrogen-bond acceptors (Lipinski definition) is 12. The van der Waals surface area contributed by atoms with Crippen molar-refractivity contribution < 1.29 is 47.4 Å². The number of ether oxygens (including phenoxy) is 10. The van der Waals surface area contributed by atoms with Crippen molar-refractivity contribution in [3.8, 4) is 0 Å². The summed E-state index contributed by atoms with van der Waals surface area (Å²) >= 11 is 0. The summed E-state index contributed by atoms with van der Waals surface area (Å²) in [6.07, 6.45) is -0.240. The SMILES string of the molecule is COCCOCC(CN(C)C)OCCOC.COCCOCC(OCOC)C(CN(C)C)OCCOC. The zero-order valence-corrected chi connectivity index (χ0v) is 24.9. The van der Waals surface area contributed by atoms with E-state index in [1.54, 1.807) is 35.5 Å². The van der Waals surface area contributed by atoms with Crippen LogP contribution < -0.4 is 0 Å². The number of rotatable bonds is 26. The molecule has 0 fully saturated rings. The molecule has 0 saturated heterocycles. The van der Waals surface area contributed by atoms with Gasteiger partial charge < -0.3 is 57.2 Å². The Morgan fingerprint density at radius 2 is 0.946 bits per heavy atom. The molecule has 0 radical (unpaired) electrons. The summed E-state index contributed by atoms with van der Waals surface area (Å²) in [4.78, 5) is 4.13. The van der Waals surface area contributed by atoms with Crippen LogP contribution in [0, 0.1) is 0 Å². The van der Waals surface area contributed by atoms with Crippen molar-refractivity contribution in [2.75, 3.05) is 150 Å². The van der Waals surface area contributed by atoms with Gasteiger partial charge in [0.1, 0.15) is 12.9 Å². The highest BCUT2D eigenvalue weighted by Crippen LogP contribution is 2.08. The quantitative estimate of drug-likeness (QED) is 0.112. The van der Waals surface area contributed by atoms with E-state index in [0.29, 0.717) is 66.1 Å². The van der Waals surface area contributed by atoms with Crippen LogP contribution in [0.5, 0.6) is 0 Å². The molecule has 0 aromatic carbocycles. The Morgan fingerprint density at radius 3 is 1.43 bits per heavy atom. The molecule has 0 aromatic rings. The highest BCUT2D eigenvalue weighted by Gasteiger charge is 2.24. The molecule has 0 spiro atoms. The zero-order valence-electron chi connectivity index (χ0n) is 24.9. The maximum atomic E-state index is 5.85. The summed E-state index contributed by atoms with van der Waals surface area (Å²) in [6.45, 7) is 7.37. The van der Waals surface area contributed by atoms with Crippen LogP contribution in [0.25, 0.3) is 0 Å². The fraction of sp³-hybridized carbons (Fsp3) is 1.00. The molecular weight excluding hydrogens is 488 g/mol. The Kier molecular flexibility index (Phi) is 31.4. The molecule has 0 heterocycles. The second kappa shape index (κ2) is 30.1. The molecule has 0 amide bonds. The van der Waals surface area contributed by atoms with Crippen LogP contribution >= 0.6 is 0 Å². The first-order valence-electron chi connectivity index (χ1n) is 12.6. The topological polar surface area (TPSA) is 98.8 Å². The molecule has 0 aliphatic carbocycles. The molecule has 0 bridgehead atoms. The first kappa shape index (κ1) is 38.7. The highest BCUT2D eigenvalue weighted by molar-refractivity contribution is 4.73. The molecule has 0 rings (SSSR count). The van der Waals surface area contributed by atoms with Gasteiger partial charge in [-0.05, 0) is 28.2 Å². The second-order valence-corrected chi connectivity index (χ2v) is 8.66.